The van der Waals surface area contributed by atoms with Crippen LogP contribution in [-0.2, 0) is 11.3 Å². The molecule has 1 aromatic heterocycles. The highest BCUT2D eigenvalue weighted by Crippen LogP contribution is 2.25. The Labute approximate surface area is 82.8 Å². The molecule has 0 saturated carbocycles. The molecule has 0 fully saturated rings. The summed E-state index contributed by atoms with van der Waals surface area (Å²) in [5.74, 6) is 0. The molecule has 8 heteroatoms. The van der Waals surface area contributed by atoms with Gasteiger partial charge in [0.15, 0.2) is 0 Å². The van der Waals surface area contributed by atoms with Crippen LogP contribution in [0.4, 0.5) is 17.6 Å². The Morgan fingerprint density at radius 3 is 2.47 bits per heavy atom. The lowest BCUT2D eigenvalue weighted by atomic mass is 10.3. The van der Waals surface area contributed by atoms with Gasteiger partial charge >= 0.3 is 6.55 Å². The van der Waals surface area contributed by atoms with E-state index in [2.05, 4.69) is 10.3 Å². The van der Waals surface area contributed by atoms with E-state index in [1.807, 2.05) is 0 Å². The van der Waals surface area contributed by atoms with Gasteiger partial charge < -0.3 is 4.74 Å². The van der Waals surface area contributed by atoms with Crippen LogP contribution in [0.5, 0.6) is 0 Å². The van der Waals surface area contributed by atoms with E-state index in [0.29, 0.717) is 0 Å². The predicted octanol–water partition coefficient (Wildman–Crippen LogP) is 2.15. The quantitative estimate of drug-likeness (QED) is 0.723. The molecule has 15 heavy (non-hydrogen) atoms. The van der Waals surface area contributed by atoms with E-state index < -0.39 is 18.7 Å². The highest BCUT2D eigenvalue weighted by Gasteiger charge is 2.25. The van der Waals surface area contributed by atoms with Gasteiger partial charge in [-0.15, -0.1) is 5.10 Å². The minimum absolute atomic E-state index is 0.0982. The molecule has 0 spiro atoms. The molecule has 0 unspecified atom stereocenters. The zero-order valence-electron chi connectivity index (χ0n) is 7.83. The number of aromatic nitrogens is 3. The lowest BCUT2D eigenvalue weighted by molar-refractivity contribution is 0.0346. The number of nitrogens with zero attached hydrogens (tertiary/aromatic N) is 3. The second-order valence-electron chi connectivity index (χ2n) is 2.58. The number of halogens is 4. The average molecular weight is 227 g/mol. The first kappa shape index (κ1) is 11.9. The highest BCUT2D eigenvalue weighted by atomic mass is 19.3. The molecular weight excluding hydrogens is 218 g/mol. The van der Waals surface area contributed by atoms with Crippen LogP contribution in [0.3, 0.4) is 0 Å². The minimum atomic E-state index is -3.13. The van der Waals surface area contributed by atoms with Crippen molar-refractivity contribution in [2.24, 2.45) is 0 Å². The number of hydrogen-bond acceptors (Lipinski definition) is 3. The molecule has 0 aliphatic heterocycles. The van der Waals surface area contributed by atoms with E-state index in [1.165, 1.54) is 0 Å². The fourth-order valence-corrected chi connectivity index (χ4v) is 1.01. The van der Waals surface area contributed by atoms with Crippen molar-refractivity contribution in [1.82, 2.24) is 15.0 Å². The van der Waals surface area contributed by atoms with Gasteiger partial charge in [0.05, 0.1) is 6.61 Å². The molecule has 86 valence electrons. The molecule has 0 aliphatic carbocycles. The van der Waals surface area contributed by atoms with Crippen molar-refractivity contribution >= 4 is 0 Å². The number of alkyl halides is 4. The average Bonchev–Trinajstić information content (AvgIpc) is 2.58. The van der Waals surface area contributed by atoms with Crippen LogP contribution >= 0.6 is 0 Å². The van der Waals surface area contributed by atoms with Crippen molar-refractivity contribution < 1.29 is 22.3 Å². The SMILES string of the molecule is CCOCc1nnn(C(F)F)c1C(F)F. The maximum Gasteiger partial charge on any atom is 0.335 e. The Balaban J connectivity index is 2.96. The van der Waals surface area contributed by atoms with Gasteiger partial charge in [0.2, 0.25) is 0 Å². The molecule has 1 rings (SSSR count). The smallest absolute Gasteiger partial charge is 0.335 e. The molecule has 0 aliphatic rings. The van der Waals surface area contributed by atoms with Crippen molar-refractivity contribution in [3.63, 3.8) is 0 Å². The summed E-state index contributed by atoms with van der Waals surface area (Å²) in [5.41, 5.74) is -1.15. The molecule has 4 nitrogen and oxygen atoms in total. The van der Waals surface area contributed by atoms with Gasteiger partial charge in [0, 0.05) is 6.61 Å². The molecule has 0 saturated heterocycles. The normalized spacial score (nSPS) is 11.7. The predicted molar refractivity (Wildman–Crippen MR) is 41.6 cm³/mol. The van der Waals surface area contributed by atoms with E-state index in [9.17, 15) is 17.6 Å². The first-order chi connectivity index (χ1) is 7.07. The monoisotopic (exact) mass is 227 g/mol. The van der Waals surface area contributed by atoms with E-state index in [1.54, 1.807) is 6.92 Å². The summed E-state index contributed by atoms with van der Waals surface area (Å²) < 4.78 is 54.0. The van der Waals surface area contributed by atoms with Crippen LogP contribution in [-0.4, -0.2) is 21.6 Å². The molecular formula is C7H9F4N3O. The van der Waals surface area contributed by atoms with E-state index in [4.69, 9.17) is 4.74 Å². The summed E-state index contributed by atoms with van der Waals surface area (Å²) in [4.78, 5) is 0. The van der Waals surface area contributed by atoms with Gasteiger partial charge in [-0.1, -0.05) is 5.21 Å². The third kappa shape index (κ3) is 2.65. The van der Waals surface area contributed by atoms with Gasteiger partial charge in [-0.25, -0.2) is 8.78 Å². The molecule has 1 aromatic rings. The topological polar surface area (TPSA) is 39.9 Å². The Kier molecular flexibility index (Phi) is 4.01. The van der Waals surface area contributed by atoms with Crippen molar-refractivity contribution in [1.29, 1.82) is 0 Å². The summed E-state index contributed by atoms with van der Waals surface area (Å²) in [6, 6.07) is 0. The summed E-state index contributed by atoms with van der Waals surface area (Å²) in [6.45, 7) is -1.44. The molecule has 0 aromatic carbocycles. The maximum absolute atomic E-state index is 12.4. The first-order valence-corrected chi connectivity index (χ1v) is 4.15. The Morgan fingerprint density at radius 1 is 1.33 bits per heavy atom. The molecule has 0 bridgehead atoms. The van der Waals surface area contributed by atoms with Gasteiger partial charge in [-0.3, -0.25) is 0 Å². The number of rotatable bonds is 5. The Hall–Kier alpha value is -1.18. The van der Waals surface area contributed by atoms with Gasteiger partial charge in [-0.2, -0.15) is 13.5 Å². The Bertz CT molecular complexity index is 315. The zero-order valence-corrected chi connectivity index (χ0v) is 7.83. The summed E-state index contributed by atoms with van der Waals surface area (Å²) in [6.07, 6.45) is -3.05. The minimum Gasteiger partial charge on any atom is -0.375 e. The van der Waals surface area contributed by atoms with Gasteiger partial charge in [0.1, 0.15) is 11.4 Å². The van der Waals surface area contributed by atoms with Crippen LogP contribution in [0.2, 0.25) is 0 Å². The summed E-state index contributed by atoms with van der Waals surface area (Å²) in [5, 5.41) is 6.17. The third-order valence-electron chi connectivity index (χ3n) is 1.64. The largest absolute Gasteiger partial charge is 0.375 e. The fourth-order valence-electron chi connectivity index (χ4n) is 1.01. The lowest BCUT2D eigenvalue weighted by Crippen LogP contribution is -2.07. The number of ether oxygens (including phenoxy) is 1. The highest BCUT2D eigenvalue weighted by molar-refractivity contribution is 5.10. The van der Waals surface area contributed by atoms with Gasteiger partial charge in [-0.05, 0) is 6.92 Å². The summed E-state index contributed by atoms with van der Waals surface area (Å²) in [7, 11) is 0. The van der Waals surface area contributed by atoms with E-state index in [-0.39, 0.29) is 23.6 Å². The first-order valence-electron chi connectivity index (χ1n) is 4.15. The van der Waals surface area contributed by atoms with Crippen LogP contribution in [0, 0.1) is 0 Å². The van der Waals surface area contributed by atoms with Crippen molar-refractivity contribution in [2.45, 2.75) is 26.5 Å². The van der Waals surface area contributed by atoms with Crippen LogP contribution < -0.4 is 0 Å². The van der Waals surface area contributed by atoms with Crippen molar-refractivity contribution in [3.8, 4) is 0 Å². The molecule has 0 atom stereocenters. The van der Waals surface area contributed by atoms with E-state index >= 15 is 0 Å². The standard InChI is InChI=1S/C7H9F4N3O/c1-2-15-3-4-5(6(8)9)14(7(10)11)13-12-4/h6-7H,2-3H2,1H3. The fraction of sp³-hybridized carbons (Fsp3) is 0.714. The third-order valence-corrected chi connectivity index (χ3v) is 1.64. The zero-order chi connectivity index (χ0) is 11.4. The summed E-state index contributed by atoms with van der Waals surface area (Å²) >= 11 is 0. The number of hydrogen-bond donors (Lipinski definition) is 0. The lowest BCUT2D eigenvalue weighted by Gasteiger charge is -2.05. The van der Waals surface area contributed by atoms with Crippen LogP contribution in [0.25, 0.3) is 0 Å². The van der Waals surface area contributed by atoms with Crippen LogP contribution in [0.1, 0.15) is 31.3 Å². The Morgan fingerprint density at radius 2 is 2.00 bits per heavy atom. The van der Waals surface area contributed by atoms with E-state index in [0.717, 1.165) is 0 Å². The molecule has 1 heterocycles. The molecule has 0 amide bonds. The second kappa shape index (κ2) is 5.06. The van der Waals surface area contributed by atoms with Crippen molar-refractivity contribution in [3.05, 3.63) is 11.4 Å². The molecule has 0 radical (unpaired) electrons. The maximum atomic E-state index is 12.4. The van der Waals surface area contributed by atoms with Crippen molar-refractivity contribution in [2.75, 3.05) is 6.61 Å². The van der Waals surface area contributed by atoms with Crippen LogP contribution in [0.15, 0.2) is 0 Å². The molecule has 0 N–H and O–H groups in total. The van der Waals surface area contributed by atoms with Gasteiger partial charge in [0.25, 0.3) is 6.43 Å². The second-order valence-corrected chi connectivity index (χ2v) is 2.58.